The zero-order valence-corrected chi connectivity index (χ0v) is 4.77. The summed E-state index contributed by atoms with van der Waals surface area (Å²) in [5, 5.41) is 11.6. The number of aliphatic carboxylic acids is 1. The second-order valence-electron chi connectivity index (χ2n) is 1.28. The Morgan fingerprint density at radius 2 is 2.00 bits per heavy atom. The van der Waals surface area contributed by atoms with Crippen molar-refractivity contribution in [3.05, 3.63) is 0 Å². The van der Waals surface area contributed by atoms with Crippen LogP contribution in [0.15, 0.2) is 0 Å². The van der Waals surface area contributed by atoms with E-state index >= 15 is 0 Å². The fourth-order valence-electron chi connectivity index (χ4n) is 0.140. The van der Waals surface area contributed by atoms with Gasteiger partial charge >= 0.3 is 11.4 Å². The van der Waals surface area contributed by atoms with Gasteiger partial charge in [-0.25, -0.2) is 4.79 Å². The van der Waals surface area contributed by atoms with Gasteiger partial charge < -0.3 is 10.2 Å². The molecule has 0 aliphatic rings. The van der Waals surface area contributed by atoms with Gasteiger partial charge in [0.05, 0.1) is 0 Å². The molecule has 0 amide bonds. The van der Waals surface area contributed by atoms with Crippen molar-refractivity contribution in [2.24, 2.45) is 0 Å². The average Bonchev–Trinajstić information content (AvgIpc) is 1.62. The van der Waals surface area contributed by atoms with Crippen LogP contribution in [0.2, 0.25) is 0 Å². The van der Waals surface area contributed by atoms with Crippen LogP contribution >= 0.6 is 11.6 Å². The number of carboxylic acid groups (broad SMARTS) is 1. The van der Waals surface area contributed by atoms with E-state index in [9.17, 15) is 13.6 Å². The molecule has 54 valence electrons. The minimum atomic E-state index is -4.09. The van der Waals surface area contributed by atoms with Gasteiger partial charge in [-0.05, 0) is 11.6 Å². The Bertz CT molecular complexity index is 121. The first-order chi connectivity index (χ1) is 3.85. The Morgan fingerprint density at radius 1 is 1.67 bits per heavy atom. The van der Waals surface area contributed by atoms with E-state index in [2.05, 4.69) is 11.6 Å². The summed E-state index contributed by atoms with van der Waals surface area (Å²) in [5.74, 6) is -2.05. The Balaban J connectivity index is 4.04. The number of halogens is 3. The minimum Gasteiger partial charge on any atom is -0.479 e. The van der Waals surface area contributed by atoms with Crippen molar-refractivity contribution in [1.82, 2.24) is 0 Å². The minimum absolute atomic E-state index is 2.05. The predicted octanol–water partition coefficient (Wildman–Crippen LogP) is 0.264. The summed E-state index contributed by atoms with van der Waals surface area (Å²) >= 11 is 4.11. The summed E-state index contributed by atoms with van der Waals surface area (Å²) in [6, 6.07) is 0. The molecular formula is C3H3ClF2O3. The highest BCUT2D eigenvalue weighted by Crippen LogP contribution is 2.23. The maximum Gasteiger partial charge on any atom is 0.357 e. The summed E-state index contributed by atoms with van der Waals surface area (Å²) in [7, 11) is 0. The molecule has 6 heteroatoms. The van der Waals surface area contributed by atoms with E-state index in [0.29, 0.717) is 0 Å². The summed E-state index contributed by atoms with van der Waals surface area (Å²) in [5.41, 5.74) is 0. The lowest BCUT2D eigenvalue weighted by Crippen LogP contribution is -2.35. The van der Waals surface area contributed by atoms with Crippen LogP contribution in [-0.2, 0) is 4.79 Å². The van der Waals surface area contributed by atoms with Crippen molar-refractivity contribution in [3.8, 4) is 0 Å². The van der Waals surface area contributed by atoms with Gasteiger partial charge in [0.2, 0.25) is 6.10 Å². The van der Waals surface area contributed by atoms with Crippen LogP contribution in [0.25, 0.3) is 0 Å². The molecule has 1 atom stereocenters. The van der Waals surface area contributed by atoms with E-state index in [0.717, 1.165) is 0 Å². The molecule has 0 aromatic rings. The maximum atomic E-state index is 11.5. The highest BCUT2D eigenvalue weighted by Gasteiger charge is 2.41. The van der Waals surface area contributed by atoms with Crippen LogP contribution in [0.1, 0.15) is 0 Å². The van der Waals surface area contributed by atoms with Gasteiger partial charge in [0.1, 0.15) is 0 Å². The molecular weight excluding hydrogens is 157 g/mol. The fourth-order valence-corrected chi connectivity index (χ4v) is 0.233. The molecule has 0 aliphatic heterocycles. The SMILES string of the molecule is O=C(O)C(O)C(F)(F)Cl. The number of hydrogen-bond donors (Lipinski definition) is 2. The molecule has 0 saturated carbocycles. The highest BCUT2D eigenvalue weighted by atomic mass is 35.5. The van der Waals surface area contributed by atoms with Gasteiger partial charge in [0.15, 0.2) is 0 Å². The number of aliphatic hydroxyl groups is 1. The van der Waals surface area contributed by atoms with Gasteiger partial charge in [0, 0.05) is 0 Å². The Hall–Kier alpha value is -0.420. The largest absolute Gasteiger partial charge is 0.479 e. The summed E-state index contributed by atoms with van der Waals surface area (Å²) in [4.78, 5) is 9.53. The quantitative estimate of drug-likeness (QED) is 0.570. The predicted molar refractivity (Wildman–Crippen MR) is 24.4 cm³/mol. The zero-order chi connectivity index (χ0) is 7.65. The summed E-state index contributed by atoms with van der Waals surface area (Å²) in [6.45, 7) is 0. The van der Waals surface area contributed by atoms with Crippen LogP contribution in [0, 0.1) is 0 Å². The Morgan fingerprint density at radius 3 is 2.00 bits per heavy atom. The molecule has 0 aromatic heterocycles. The summed E-state index contributed by atoms with van der Waals surface area (Å²) in [6.07, 6.45) is -2.83. The van der Waals surface area contributed by atoms with E-state index in [1.807, 2.05) is 0 Å². The third-order valence-corrected chi connectivity index (χ3v) is 0.751. The number of carboxylic acids is 1. The lowest BCUT2D eigenvalue weighted by Gasteiger charge is -2.09. The molecule has 3 nitrogen and oxygen atoms in total. The molecule has 0 aromatic carbocycles. The standard InChI is InChI=1S/C3H3ClF2O3/c4-3(5,6)1(7)2(8)9/h1,7H,(H,8,9). The summed E-state index contributed by atoms with van der Waals surface area (Å²) < 4.78 is 23.0. The van der Waals surface area contributed by atoms with Gasteiger partial charge in [-0.3, -0.25) is 0 Å². The van der Waals surface area contributed by atoms with Gasteiger partial charge in [-0.1, -0.05) is 0 Å². The van der Waals surface area contributed by atoms with E-state index in [1.54, 1.807) is 0 Å². The number of aliphatic hydroxyl groups excluding tert-OH is 1. The third kappa shape index (κ3) is 2.57. The molecule has 9 heavy (non-hydrogen) atoms. The highest BCUT2D eigenvalue weighted by molar-refractivity contribution is 6.23. The van der Waals surface area contributed by atoms with E-state index in [-0.39, 0.29) is 0 Å². The molecule has 0 bridgehead atoms. The molecule has 2 N–H and O–H groups in total. The lowest BCUT2D eigenvalue weighted by atomic mass is 10.4. The smallest absolute Gasteiger partial charge is 0.357 e. The van der Waals surface area contributed by atoms with Crippen molar-refractivity contribution in [2.75, 3.05) is 0 Å². The lowest BCUT2D eigenvalue weighted by molar-refractivity contribution is -0.158. The van der Waals surface area contributed by atoms with Crippen molar-refractivity contribution >= 4 is 17.6 Å². The molecule has 1 unspecified atom stereocenters. The average molecular weight is 161 g/mol. The molecule has 0 spiro atoms. The van der Waals surface area contributed by atoms with E-state index in [1.165, 1.54) is 0 Å². The zero-order valence-electron chi connectivity index (χ0n) is 4.01. The van der Waals surface area contributed by atoms with Crippen LogP contribution < -0.4 is 0 Å². The van der Waals surface area contributed by atoms with Gasteiger partial charge in [-0.15, -0.1) is 0 Å². The first kappa shape index (κ1) is 8.58. The molecule has 0 fully saturated rings. The number of hydrogen-bond acceptors (Lipinski definition) is 2. The second kappa shape index (κ2) is 2.45. The van der Waals surface area contributed by atoms with Crippen molar-refractivity contribution in [3.63, 3.8) is 0 Å². The number of alkyl halides is 3. The van der Waals surface area contributed by atoms with Crippen molar-refractivity contribution < 1.29 is 23.8 Å². The van der Waals surface area contributed by atoms with Gasteiger partial charge in [0.25, 0.3) is 0 Å². The molecule has 0 saturated heterocycles. The molecule has 0 rings (SSSR count). The van der Waals surface area contributed by atoms with Crippen molar-refractivity contribution in [2.45, 2.75) is 11.5 Å². The first-order valence-corrected chi connectivity index (χ1v) is 2.21. The Labute approximate surface area is 53.9 Å². The van der Waals surface area contributed by atoms with E-state index in [4.69, 9.17) is 10.2 Å². The topological polar surface area (TPSA) is 57.5 Å². The Kier molecular flexibility index (Phi) is 2.33. The van der Waals surface area contributed by atoms with Crippen molar-refractivity contribution in [1.29, 1.82) is 0 Å². The number of carbonyl (C=O) groups is 1. The van der Waals surface area contributed by atoms with Crippen LogP contribution in [0.3, 0.4) is 0 Å². The second-order valence-corrected chi connectivity index (χ2v) is 1.79. The molecule has 0 heterocycles. The van der Waals surface area contributed by atoms with E-state index < -0.39 is 17.5 Å². The fraction of sp³-hybridized carbons (Fsp3) is 0.667. The maximum absolute atomic E-state index is 11.5. The van der Waals surface area contributed by atoms with Crippen LogP contribution in [-0.4, -0.2) is 27.7 Å². The number of rotatable bonds is 2. The van der Waals surface area contributed by atoms with Gasteiger partial charge in [-0.2, -0.15) is 8.78 Å². The molecule has 0 aliphatic carbocycles. The molecule has 0 radical (unpaired) electrons. The third-order valence-electron chi connectivity index (χ3n) is 0.544. The first-order valence-electron chi connectivity index (χ1n) is 1.83. The monoisotopic (exact) mass is 160 g/mol. The normalized spacial score (nSPS) is 15.1. The van der Waals surface area contributed by atoms with Crippen LogP contribution in [0.4, 0.5) is 8.78 Å². The van der Waals surface area contributed by atoms with Crippen LogP contribution in [0.5, 0.6) is 0 Å².